The topological polar surface area (TPSA) is 17.1 Å². The van der Waals surface area contributed by atoms with Crippen molar-refractivity contribution in [2.75, 3.05) is 5.75 Å². The Labute approximate surface area is 124 Å². The highest BCUT2D eigenvalue weighted by molar-refractivity contribution is 7.99. The number of rotatable bonds is 6. The van der Waals surface area contributed by atoms with Crippen LogP contribution in [0, 0.1) is 0 Å². The highest BCUT2D eigenvalue weighted by Crippen LogP contribution is 2.24. The van der Waals surface area contributed by atoms with Gasteiger partial charge in [0.2, 0.25) is 0 Å². The molecule has 102 valence electrons. The highest BCUT2D eigenvalue weighted by atomic mass is 32.2. The van der Waals surface area contributed by atoms with Gasteiger partial charge in [-0.25, -0.2) is 0 Å². The van der Waals surface area contributed by atoms with Crippen molar-refractivity contribution >= 4 is 23.6 Å². The second-order valence-electron chi connectivity index (χ2n) is 4.45. The Kier molecular flexibility index (Phi) is 5.63. The molecular formula is C18H18OS. The summed E-state index contributed by atoms with van der Waals surface area (Å²) < 4.78 is 0. The second kappa shape index (κ2) is 7.71. The van der Waals surface area contributed by atoms with Gasteiger partial charge in [0.15, 0.2) is 5.78 Å². The fourth-order valence-corrected chi connectivity index (χ4v) is 2.73. The summed E-state index contributed by atoms with van der Waals surface area (Å²) in [6.45, 7) is 2.17. The van der Waals surface area contributed by atoms with E-state index in [2.05, 4.69) is 13.0 Å². The first-order chi connectivity index (χ1) is 9.81. The van der Waals surface area contributed by atoms with Crippen molar-refractivity contribution in [3.05, 3.63) is 71.8 Å². The molecule has 0 aliphatic heterocycles. The molecule has 0 unspecified atom stereocenters. The van der Waals surface area contributed by atoms with Gasteiger partial charge in [-0.15, -0.1) is 11.8 Å². The van der Waals surface area contributed by atoms with E-state index in [-0.39, 0.29) is 5.78 Å². The van der Waals surface area contributed by atoms with Crippen molar-refractivity contribution in [2.24, 2.45) is 0 Å². The molecule has 2 aromatic carbocycles. The summed E-state index contributed by atoms with van der Waals surface area (Å²) in [6, 6.07) is 17.5. The molecule has 2 rings (SSSR count). The summed E-state index contributed by atoms with van der Waals surface area (Å²) in [5.41, 5.74) is 1.83. The Morgan fingerprint density at radius 3 is 2.50 bits per heavy atom. The molecule has 0 N–H and O–H groups in total. The third-order valence-electron chi connectivity index (χ3n) is 2.85. The van der Waals surface area contributed by atoms with Crippen LogP contribution < -0.4 is 0 Å². The zero-order valence-electron chi connectivity index (χ0n) is 11.6. The van der Waals surface area contributed by atoms with Crippen molar-refractivity contribution in [1.82, 2.24) is 0 Å². The lowest BCUT2D eigenvalue weighted by Crippen LogP contribution is -1.93. The van der Waals surface area contributed by atoms with Gasteiger partial charge in [0, 0.05) is 10.5 Å². The lowest BCUT2D eigenvalue weighted by Gasteiger charge is -2.04. The lowest BCUT2D eigenvalue weighted by molar-refractivity contribution is 0.104. The SMILES string of the molecule is CCCSc1ccccc1C=CC(=O)c1ccccc1. The largest absolute Gasteiger partial charge is 0.289 e. The number of hydrogen-bond acceptors (Lipinski definition) is 2. The maximum Gasteiger partial charge on any atom is 0.185 e. The van der Waals surface area contributed by atoms with E-state index in [1.807, 2.05) is 66.4 Å². The third-order valence-corrected chi connectivity index (χ3v) is 4.15. The van der Waals surface area contributed by atoms with Crippen LogP contribution in [0.25, 0.3) is 6.08 Å². The normalized spacial score (nSPS) is 10.8. The number of hydrogen-bond donors (Lipinski definition) is 0. The molecule has 0 heterocycles. The zero-order chi connectivity index (χ0) is 14.2. The molecule has 0 atom stereocenters. The molecule has 0 aliphatic carbocycles. The molecule has 0 bridgehead atoms. The van der Waals surface area contributed by atoms with Gasteiger partial charge in [0.25, 0.3) is 0 Å². The molecule has 2 heteroatoms. The molecule has 0 aromatic heterocycles. The smallest absolute Gasteiger partial charge is 0.185 e. The van der Waals surface area contributed by atoms with Crippen LogP contribution in [-0.4, -0.2) is 11.5 Å². The van der Waals surface area contributed by atoms with Gasteiger partial charge in [-0.05, 0) is 36.0 Å². The van der Waals surface area contributed by atoms with Crippen molar-refractivity contribution in [3.63, 3.8) is 0 Å². The van der Waals surface area contributed by atoms with E-state index in [0.29, 0.717) is 0 Å². The van der Waals surface area contributed by atoms with E-state index in [1.165, 1.54) is 4.90 Å². The van der Waals surface area contributed by atoms with Crippen LogP contribution in [0.3, 0.4) is 0 Å². The second-order valence-corrected chi connectivity index (χ2v) is 5.59. The lowest BCUT2D eigenvalue weighted by atomic mass is 10.1. The van der Waals surface area contributed by atoms with Crippen LogP contribution in [0.5, 0.6) is 0 Å². The summed E-state index contributed by atoms with van der Waals surface area (Å²) in [5, 5.41) is 0. The monoisotopic (exact) mass is 282 g/mol. The van der Waals surface area contributed by atoms with Crippen LogP contribution in [0.15, 0.2) is 65.6 Å². The summed E-state index contributed by atoms with van der Waals surface area (Å²) >= 11 is 1.83. The predicted molar refractivity (Wildman–Crippen MR) is 87.3 cm³/mol. The van der Waals surface area contributed by atoms with Crippen LogP contribution in [0.4, 0.5) is 0 Å². The number of benzene rings is 2. The number of carbonyl (C=O) groups is 1. The minimum Gasteiger partial charge on any atom is -0.289 e. The maximum atomic E-state index is 12.0. The van der Waals surface area contributed by atoms with Gasteiger partial charge >= 0.3 is 0 Å². The van der Waals surface area contributed by atoms with Gasteiger partial charge in [0.05, 0.1) is 0 Å². The highest BCUT2D eigenvalue weighted by Gasteiger charge is 2.02. The fourth-order valence-electron chi connectivity index (χ4n) is 1.83. The standard InChI is InChI=1S/C18H18OS/c1-2-14-20-18-11-7-6-10-16(18)12-13-17(19)15-8-4-3-5-9-15/h3-13H,2,14H2,1H3. The molecule has 0 spiro atoms. The minimum absolute atomic E-state index is 0.0425. The summed E-state index contributed by atoms with van der Waals surface area (Å²) in [7, 11) is 0. The first kappa shape index (κ1) is 14.6. The Morgan fingerprint density at radius 2 is 1.75 bits per heavy atom. The Bertz CT molecular complexity index is 587. The average Bonchev–Trinajstić information content (AvgIpc) is 2.52. The quantitative estimate of drug-likeness (QED) is 0.417. The Morgan fingerprint density at radius 1 is 1.05 bits per heavy atom. The number of ketones is 1. The molecule has 0 radical (unpaired) electrons. The Hall–Kier alpha value is -1.80. The first-order valence-corrected chi connectivity index (χ1v) is 7.79. The van der Waals surface area contributed by atoms with Crippen molar-refractivity contribution < 1.29 is 4.79 Å². The molecule has 20 heavy (non-hydrogen) atoms. The van der Waals surface area contributed by atoms with Gasteiger partial charge in [0.1, 0.15) is 0 Å². The van der Waals surface area contributed by atoms with Crippen molar-refractivity contribution in [3.8, 4) is 0 Å². The van der Waals surface area contributed by atoms with E-state index >= 15 is 0 Å². The van der Waals surface area contributed by atoms with E-state index in [4.69, 9.17) is 0 Å². The van der Waals surface area contributed by atoms with Gasteiger partial charge in [-0.1, -0.05) is 55.5 Å². The summed E-state index contributed by atoms with van der Waals surface area (Å²) in [4.78, 5) is 13.3. The first-order valence-electron chi connectivity index (χ1n) is 6.80. The maximum absolute atomic E-state index is 12.0. The van der Waals surface area contributed by atoms with E-state index < -0.39 is 0 Å². The van der Waals surface area contributed by atoms with Gasteiger partial charge in [-0.2, -0.15) is 0 Å². The summed E-state index contributed by atoms with van der Waals surface area (Å²) in [6.07, 6.45) is 4.71. The molecule has 0 saturated carbocycles. The van der Waals surface area contributed by atoms with Crippen molar-refractivity contribution in [1.29, 1.82) is 0 Å². The van der Waals surface area contributed by atoms with Crippen LogP contribution in [-0.2, 0) is 0 Å². The molecule has 0 amide bonds. The number of allylic oxidation sites excluding steroid dienone is 1. The van der Waals surface area contributed by atoms with E-state index in [0.717, 1.165) is 23.3 Å². The van der Waals surface area contributed by atoms with Gasteiger partial charge in [-0.3, -0.25) is 4.79 Å². The molecule has 2 aromatic rings. The third kappa shape index (κ3) is 4.10. The fraction of sp³-hybridized carbons (Fsp3) is 0.167. The molecule has 0 aliphatic rings. The summed E-state index contributed by atoms with van der Waals surface area (Å²) in [5.74, 6) is 1.14. The minimum atomic E-state index is 0.0425. The molecular weight excluding hydrogens is 264 g/mol. The van der Waals surface area contributed by atoms with E-state index in [1.54, 1.807) is 6.08 Å². The number of carbonyl (C=O) groups excluding carboxylic acids is 1. The zero-order valence-corrected chi connectivity index (χ0v) is 12.4. The average molecular weight is 282 g/mol. The Balaban J connectivity index is 2.13. The van der Waals surface area contributed by atoms with Crippen LogP contribution in [0.1, 0.15) is 29.3 Å². The number of thioether (sulfide) groups is 1. The molecule has 0 fully saturated rings. The van der Waals surface area contributed by atoms with Crippen LogP contribution >= 0.6 is 11.8 Å². The van der Waals surface area contributed by atoms with Gasteiger partial charge < -0.3 is 0 Å². The predicted octanol–water partition coefficient (Wildman–Crippen LogP) is 5.08. The molecule has 1 nitrogen and oxygen atoms in total. The molecule has 0 saturated heterocycles. The van der Waals surface area contributed by atoms with E-state index in [9.17, 15) is 4.79 Å². The van der Waals surface area contributed by atoms with Crippen LogP contribution in [0.2, 0.25) is 0 Å². The van der Waals surface area contributed by atoms with Crippen molar-refractivity contribution in [2.45, 2.75) is 18.2 Å².